The molecule has 0 N–H and O–H groups in total. The number of hydrogen-bond donors (Lipinski definition) is 0. The summed E-state index contributed by atoms with van der Waals surface area (Å²) in [4.78, 5) is 37.1. The second kappa shape index (κ2) is 11.5. The Balaban J connectivity index is 1.61. The van der Waals surface area contributed by atoms with E-state index < -0.39 is 39.2 Å². The van der Waals surface area contributed by atoms with E-state index in [1.165, 1.54) is 24.3 Å². The highest BCUT2D eigenvalue weighted by Gasteiger charge is 2.36. The predicted octanol–water partition coefficient (Wildman–Crippen LogP) is 6.91. The lowest BCUT2D eigenvalue weighted by atomic mass is 10.1. The molecule has 4 rings (SSSR count). The van der Waals surface area contributed by atoms with Gasteiger partial charge in [0.15, 0.2) is 11.5 Å². The summed E-state index contributed by atoms with van der Waals surface area (Å²) in [5.74, 6) is -0.887. The molecule has 0 radical (unpaired) electrons. The fraction of sp³-hybridized carbons (Fsp3) is 0.148. The minimum absolute atomic E-state index is 0.0110. The Morgan fingerprint density at radius 3 is 2.48 bits per heavy atom. The molecule has 40 heavy (non-hydrogen) atoms. The van der Waals surface area contributed by atoms with Crippen molar-refractivity contribution in [3.63, 3.8) is 0 Å². The molecule has 13 heteroatoms. The summed E-state index contributed by atoms with van der Waals surface area (Å²) >= 11 is 0.721. The fourth-order valence-electron chi connectivity index (χ4n) is 3.73. The molecule has 9 nitrogen and oxygen atoms in total. The number of amides is 2. The maximum atomic E-state index is 13.0. The molecule has 0 unspecified atom stereocenters. The number of carbonyl (C=O) groups excluding carboxylic acids is 2. The zero-order valence-corrected chi connectivity index (χ0v) is 21.4. The van der Waals surface area contributed by atoms with Crippen LogP contribution in [0.1, 0.15) is 29.2 Å². The van der Waals surface area contributed by atoms with E-state index in [4.69, 9.17) is 9.47 Å². The van der Waals surface area contributed by atoms with Crippen LogP contribution in [0.3, 0.4) is 0 Å². The Bertz CT molecular complexity index is 1580. The van der Waals surface area contributed by atoms with E-state index in [0.717, 1.165) is 22.7 Å². The van der Waals surface area contributed by atoms with E-state index in [1.54, 1.807) is 31.2 Å². The Morgan fingerprint density at radius 2 is 1.80 bits per heavy atom. The van der Waals surface area contributed by atoms with Gasteiger partial charge in [-0.1, -0.05) is 24.3 Å². The predicted molar refractivity (Wildman–Crippen MR) is 138 cm³/mol. The van der Waals surface area contributed by atoms with Crippen LogP contribution in [0, 0.1) is 21.4 Å². The van der Waals surface area contributed by atoms with Crippen molar-refractivity contribution in [1.29, 1.82) is 5.26 Å². The molecule has 204 valence electrons. The average molecular weight is 570 g/mol. The maximum Gasteiger partial charge on any atom is 0.416 e. The van der Waals surface area contributed by atoms with E-state index in [-0.39, 0.29) is 29.6 Å². The Morgan fingerprint density at radius 1 is 1.07 bits per heavy atom. The smallest absolute Gasteiger partial charge is 0.416 e. The Labute approximate surface area is 229 Å². The van der Waals surface area contributed by atoms with Gasteiger partial charge in [-0.3, -0.25) is 24.6 Å². The van der Waals surface area contributed by atoms with Crippen molar-refractivity contribution in [3.05, 3.63) is 97.9 Å². The number of nitro groups is 1. The lowest BCUT2D eigenvalue weighted by Crippen LogP contribution is -2.27. The van der Waals surface area contributed by atoms with Gasteiger partial charge in [0, 0.05) is 6.07 Å². The van der Waals surface area contributed by atoms with Crippen molar-refractivity contribution >= 4 is 34.7 Å². The topological polar surface area (TPSA) is 123 Å². The number of nitrogens with zero attached hydrogens (tertiary/aromatic N) is 3. The van der Waals surface area contributed by atoms with Crippen LogP contribution in [-0.2, 0) is 17.5 Å². The minimum atomic E-state index is -4.78. The summed E-state index contributed by atoms with van der Waals surface area (Å²) < 4.78 is 50.2. The standard InChI is InChI=1S/C27H18F3N3O6S/c1-2-38-23-11-16(7-9-22(23)39-21-10-8-19(27(28,29)30)13-20(21)33(36)37)12-24-25(34)32(26(35)40-24)15-18-6-4-3-5-17(18)14-31/h3-13H,2,15H2,1H3/b24-12+. The molecule has 1 fully saturated rings. The van der Waals surface area contributed by atoms with Crippen molar-refractivity contribution < 1.29 is 37.2 Å². The van der Waals surface area contributed by atoms with Crippen molar-refractivity contribution in [3.8, 4) is 23.3 Å². The van der Waals surface area contributed by atoms with E-state index in [1.807, 2.05) is 6.07 Å². The first-order valence-corrected chi connectivity index (χ1v) is 12.4. The summed E-state index contributed by atoms with van der Waals surface area (Å²) in [6.07, 6.45) is -3.32. The summed E-state index contributed by atoms with van der Waals surface area (Å²) in [6.45, 7) is 1.75. The lowest BCUT2D eigenvalue weighted by Gasteiger charge is -2.14. The molecule has 1 saturated heterocycles. The highest BCUT2D eigenvalue weighted by molar-refractivity contribution is 8.18. The normalized spacial score (nSPS) is 14.4. The van der Waals surface area contributed by atoms with Crippen LogP contribution >= 0.6 is 11.8 Å². The number of alkyl halides is 3. The number of rotatable bonds is 8. The molecule has 3 aromatic rings. The van der Waals surface area contributed by atoms with Gasteiger partial charge in [-0.2, -0.15) is 18.4 Å². The lowest BCUT2D eigenvalue weighted by molar-refractivity contribution is -0.385. The van der Waals surface area contributed by atoms with Gasteiger partial charge in [0.2, 0.25) is 5.75 Å². The second-order valence-corrected chi connectivity index (χ2v) is 9.21. The molecule has 0 aliphatic carbocycles. The van der Waals surface area contributed by atoms with Crippen LogP contribution in [0.25, 0.3) is 6.08 Å². The Hall–Kier alpha value is -4.83. The number of imide groups is 1. The third kappa shape index (κ3) is 6.08. The molecule has 1 heterocycles. The van der Waals surface area contributed by atoms with E-state index in [9.17, 15) is 38.1 Å². The van der Waals surface area contributed by atoms with E-state index in [2.05, 4.69) is 0 Å². The molecular weight excluding hydrogens is 551 g/mol. The van der Waals surface area contributed by atoms with Gasteiger partial charge < -0.3 is 9.47 Å². The second-order valence-electron chi connectivity index (χ2n) is 8.22. The number of hydrogen-bond acceptors (Lipinski definition) is 8. The molecule has 0 bridgehead atoms. The number of carbonyl (C=O) groups is 2. The van der Waals surface area contributed by atoms with E-state index >= 15 is 0 Å². The van der Waals surface area contributed by atoms with Crippen LogP contribution < -0.4 is 9.47 Å². The van der Waals surface area contributed by atoms with Crippen molar-refractivity contribution in [2.24, 2.45) is 0 Å². The average Bonchev–Trinajstić information content (AvgIpc) is 3.17. The molecule has 0 aromatic heterocycles. The largest absolute Gasteiger partial charge is 0.490 e. The van der Waals surface area contributed by atoms with Crippen molar-refractivity contribution in [2.45, 2.75) is 19.6 Å². The first-order valence-electron chi connectivity index (χ1n) is 11.6. The van der Waals surface area contributed by atoms with E-state index in [0.29, 0.717) is 28.8 Å². The third-order valence-electron chi connectivity index (χ3n) is 5.61. The minimum Gasteiger partial charge on any atom is -0.490 e. The summed E-state index contributed by atoms with van der Waals surface area (Å²) in [6, 6.07) is 14.9. The number of nitriles is 1. The molecular formula is C27H18F3N3O6S. The van der Waals surface area contributed by atoms with Gasteiger partial charge in [0.05, 0.1) is 40.2 Å². The van der Waals surface area contributed by atoms with Crippen molar-refractivity contribution in [1.82, 2.24) is 4.90 Å². The molecule has 1 aliphatic rings. The maximum absolute atomic E-state index is 13.0. The SMILES string of the molecule is CCOc1cc(/C=C2/SC(=O)N(Cc3ccccc3C#N)C2=O)ccc1Oc1ccc(C(F)(F)F)cc1[N+](=O)[O-]. The number of halogens is 3. The first-order chi connectivity index (χ1) is 19.0. The number of ether oxygens (including phenoxy) is 2. The van der Waals surface area contributed by atoms with Gasteiger partial charge in [-0.15, -0.1) is 0 Å². The third-order valence-corrected chi connectivity index (χ3v) is 6.52. The van der Waals surface area contributed by atoms with Gasteiger partial charge in [0.1, 0.15) is 0 Å². The number of nitro benzene ring substituents is 1. The monoisotopic (exact) mass is 569 g/mol. The first kappa shape index (κ1) is 28.2. The molecule has 3 aromatic carbocycles. The number of benzene rings is 3. The molecule has 0 atom stereocenters. The van der Waals surface area contributed by atoms with Crippen LogP contribution in [0.2, 0.25) is 0 Å². The summed E-state index contributed by atoms with van der Waals surface area (Å²) in [7, 11) is 0. The number of thioether (sulfide) groups is 1. The van der Waals surface area contributed by atoms with Gasteiger partial charge in [0.25, 0.3) is 11.1 Å². The quantitative estimate of drug-likeness (QED) is 0.163. The van der Waals surface area contributed by atoms with Crippen LogP contribution in [0.4, 0.5) is 23.7 Å². The van der Waals surface area contributed by atoms with Crippen LogP contribution in [0.5, 0.6) is 17.2 Å². The van der Waals surface area contributed by atoms with Gasteiger partial charge >= 0.3 is 11.9 Å². The summed E-state index contributed by atoms with van der Waals surface area (Å²) in [5.41, 5.74) is -0.785. The molecule has 0 spiro atoms. The van der Waals surface area contributed by atoms with Gasteiger partial charge in [-0.25, -0.2) is 0 Å². The van der Waals surface area contributed by atoms with Crippen LogP contribution in [0.15, 0.2) is 65.6 Å². The highest BCUT2D eigenvalue weighted by atomic mass is 32.2. The zero-order valence-electron chi connectivity index (χ0n) is 20.6. The molecule has 0 saturated carbocycles. The fourth-order valence-corrected chi connectivity index (χ4v) is 4.57. The zero-order chi connectivity index (χ0) is 29.0. The van der Waals surface area contributed by atoms with Crippen LogP contribution in [-0.4, -0.2) is 27.6 Å². The van der Waals surface area contributed by atoms with Crippen molar-refractivity contribution in [2.75, 3.05) is 6.61 Å². The molecule has 1 aliphatic heterocycles. The highest BCUT2D eigenvalue weighted by Crippen LogP contribution is 2.41. The Kier molecular flexibility index (Phi) is 8.11. The van der Waals surface area contributed by atoms with Gasteiger partial charge in [-0.05, 0) is 66.2 Å². The summed E-state index contributed by atoms with van der Waals surface area (Å²) in [5, 5.41) is 20.2. The molecule has 2 amide bonds.